The summed E-state index contributed by atoms with van der Waals surface area (Å²) in [7, 11) is 3.31. The second-order valence-electron chi connectivity index (χ2n) is 3.18. The van der Waals surface area contributed by atoms with E-state index >= 15 is 0 Å². The molecule has 16 heavy (non-hydrogen) atoms. The van der Waals surface area contributed by atoms with Gasteiger partial charge in [-0.05, 0) is 31.2 Å². The zero-order valence-electron chi connectivity index (χ0n) is 8.86. The molecule has 0 aliphatic carbocycles. The molecular weight excluding hydrogens is 208 g/mol. The van der Waals surface area contributed by atoms with Gasteiger partial charge >= 0.3 is 5.97 Å². The summed E-state index contributed by atoms with van der Waals surface area (Å²) >= 11 is 0. The molecule has 1 aromatic carbocycles. The normalized spacial score (nSPS) is 10.4. The van der Waals surface area contributed by atoms with E-state index in [4.69, 9.17) is 13.9 Å². The molecule has 1 aromatic heterocycles. The van der Waals surface area contributed by atoms with Gasteiger partial charge in [0.05, 0.1) is 6.61 Å². The fourth-order valence-electron chi connectivity index (χ4n) is 1.41. The van der Waals surface area contributed by atoms with Gasteiger partial charge in [0, 0.05) is 5.39 Å². The summed E-state index contributed by atoms with van der Waals surface area (Å²) in [5.74, 6) is 0.345. The third-order valence-electron chi connectivity index (χ3n) is 2.13. The number of hydrogen-bond acceptors (Lipinski definition) is 4. The first-order valence-electron chi connectivity index (χ1n) is 4.87. The summed E-state index contributed by atoms with van der Waals surface area (Å²) in [5, 5.41) is 0.782. The molecular formula is C12H11O4. The highest BCUT2D eigenvalue weighted by Crippen LogP contribution is 2.24. The van der Waals surface area contributed by atoms with Gasteiger partial charge in [0.1, 0.15) is 18.4 Å². The molecule has 2 rings (SSSR count). The first-order valence-corrected chi connectivity index (χ1v) is 4.87. The van der Waals surface area contributed by atoms with Crippen LogP contribution < -0.4 is 4.74 Å². The Morgan fingerprint density at radius 1 is 1.44 bits per heavy atom. The Morgan fingerprint density at radius 2 is 2.25 bits per heavy atom. The molecule has 1 radical (unpaired) electrons. The van der Waals surface area contributed by atoms with Crippen LogP contribution in [0.1, 0.15) is 17.5 Å². The first kappa shape index (κ1) is 10.5. The molecule has 0 N–H and O–H groups in total. The topological polar surface area (TPSA) is 48.7 Å². The molecule has 0 aliphatic heterocycles. The van der Waals surface area contributed by atoms with Crippen molar-refractivity contribution in [1.82, 2.24) is 0 Å². The Balaban J connectivity index is 2.39. The Labute approximate surface area is 92.8 Å². The molecule has 4 nitrogen and oxygen atoms in total. The third kappa shape index (κ3) is 1.86. The first-order chi connectivity index (χ1) is 7.74. The van der Waals surface area contributed by atoms with E-state index in [0.29, 0.717) is 17.9 Å². The Morgan fingerprint density at radius 3 is 2.94 bits per heavy atom. The highest BCUT2D eigenvalue weighted by molar-refractivity contribution is 5.92. The van der Waals surface area contributed by atoms with Crippen LogP contribution in [0.25, 0.3) is 11.0 Å². The predicted octanol–water partition coefficient (Wildman–Crippen LogP) is 2.78. The second kappa shape index (κ2) is 4.26. The predicted molar refractivity (Wildman–Crippen MR) is 58.2 cm³/mol. The smallest absolute Gasteiger partial charge is 0.374 e. The molecule has 4 heteroatoms. The zero-order chi connectivity index (χ0) is 11.5. The number of furan rings is 1. The molecule has 0 unspecified atom stereocenters. The fraction of sp³-hybridized carbons (Fsp3) is 0.167. The number of rotatable bonds is 3. The molecule has 0 saturated carbocycles. The van der Waals surface area contributed by atoms with Crippen molar-refractivity contribution in [3.8, 4) is 5.75 Å². The summed E-state index contributed by atoms with van der Waals surface area (Å²) in [6.45, 7) is 2.07. The number of hydrogen-bond donors (Lipinski definition) is 0. The number of carbonyl (C=O) groups is 1. The minimum atomic E-state index is -0.462. The molecule has 0 bridgehead atoms. The minimum absolute atomic E-state index is 0.193. The molecule has 0 amide bonds. The van der Waals surface area contributed by atoms with Crippen molar-refractivity contribution in [2.75, 3.05) is 6.61 Å². The Bertz CT molecular complexity index is 513. The maximum Gasteiger partial charge on any atom is 0.374 e. The number of fused-ring (bicyclic) bond motifs is 1. The van der Waals surface area contributed by atoms with Gasteiger partial charge in [-0.2, -0.15) is 0 Å². The van der Waals surface area contributed by atoms with E-state index in [1.165, 1.54) is 0 Å². The number of esters is 1. The molecule has 83 valence electrons. The van der Waals surface area contributed by atoms with Crippen LogP contribution in [0.2, 0.25) is 0 Å². The standard InChI is InChI=1S/C12H11O4/c1-3-15-12(13)11-7-8-6-9(14-2)4-5-10(8)16-11/h4-7H,2-3H2,1H3. The largest absolute Gasteiger partial charge is 0.490 e. The van der Waals surface area contributed by atoms with Gasteiger partial charge < -0.3 is 13.9 Å². The van der Waals surface area contributed by atoms with Crippen LogP contribution >= 0.6 is 0 Å². The van der Waals surface area contributed by atoms with Crippen LogP contribution in [0.3, 0.4) is 0 Å². The van der Waals surface area contributed by atoms with Crippen LogP contribution in [0, 0.1) is 7.11 Å². The average molecular weight is 219 g/mol. The van der Waals surface area contributed by atoms with Gasteiger partial charge in [-0.3, -0.25) is 0 Å². The van der Waals surface area contributed by atoms with Gasteiger partial charge in [0.25, 0.3) is 0 Å². The number of benzene rings is 1. The fourth-order valence-corrected chi connectivity index (χ4v) is 1.41. The highest BCUT2D eigenvalue weighted by atomic mass is 16.5. The summed E-state index contributed by atoms with van der Waals surface area (Å²) in [4.78, 5) is 11.4. The zero-order valence-corrected chi connectivity index (χ0v) is 8.86. The van der Waals surface area contributed by atoms with E-state index in [9.17, 15) is 4.79 Å². The lowest BCUT2D eigenvalue weighted by atomic mass is 10.2. The summed E-state index contributed by atoms with van der Waals surface area (Å²) < 4.78 is 15.0. The third-order valence-corrected chi connectivity index (χ3v) is 2.13. The van der Waals surface area contributed by atoms with Gasteiger partial charge in [-0.15, -0.1) is 0 Å². The molecule has 0 spiro atoms. The monoisotopic (exact) mass is 219 g/mol. The van der Waals surface area contributed by atoms with Crippen LogP contribution in [0.5, 0.6) is 5.75 Å². The minimum Gasteiger partial charge on any atom is -0.490 e. The SMILES string of the molecule is [CH2]Oc1ccc2oc(C(=O)OCC)cc2c1. The highest BCUT2D eigenvalue weighted by Gasteiger charge is 2.13. The Hall–Kier alpha value is -1.97. The summed E-state index contributed by atoms with van der Waals surface area (Å²) in [6.07, 6.45) is 0. The van der Waals surface area contributed by atoms with Crippen LogP contribution in [0.15, 0.2) is 28.7 Å². The van der Waals surface area contributed by atoms with Gasteiger partial charge in [-0.25, -0.2) is 4.79 Å². The second-order valence-corrected chi connectivity index (χ2v) is 3.18. The molecule has 1 heterocycles. The van der Waals surface area contributed by atoms with Gasteiger partial charge in [-0.1, -0.05) is 0 Å². The van der Waals surface area contributed by atoms with Crippen LogP contribution in [-0.2, 0) is 4.74 Å². The van der Waals surface area contributed by atoms with Crippen molar-refractivity contribution in [2.24, 2.45) is 0 Å². The van der Waals surface area contributed by atoms with E-state index in [1.807, 2.05) is 0 Å². The molecule has 2 aromatic rings. The molecule has 0 fully saturated rings. The Kier molecular flexibility index (Phi) is 2.81. The average Bonchev–Trinajstić information content (AvgIpc) is 2.71. The van der Waals surface area contributed by atoms with Gasteiger partial charge in [0.2, 0.25) is 5.76 Å². The van der Waals surface area contributed by atoms with E-state index in [2.05, 4.69) is 7.11 Å². The maximum absolute atomic E-state index is 11.4. The van der Waals surface area contributed by atoms with Crippen molar-refractivity contribution < 1.29 is 18.7 Å². The molecule has 0 aliphatic rings. The summed E-state index contributed by atoms with van der Waals surface area (Å²) in [6, 6.07) is 6.80. The number of carbonyl (C=O) groups excluding carboxylic acids is 1. The van der Waals surface area contributed by atoms with Gasteiger partial charge in [0.15, 0.2) is 0 Å². The lowest BCUT2D eigenvalue weighted by Crippen LogP contribution is -2.02. The van der Waals surface area contributed by atoms with Crippen molar-refractivity contribution >= 4 is 16.9 Å². The van der Waals surface area contributed by atoms with Crippen molar-refractivity contribution in [3.05, 3.63) is 37.1 Å². The maximum atomic E-state index is 11.4. The van der Waals surface area contributed by atoms with E-state index in [-0.39, 0.29) is 5.76 Å². The van der Waals surface area contributed by atoms with Crippen molar-refractivity contribution in [3.63, 3.8) is 0 Å². The van der Waals surface area contributed by atoms with E-state index in [0.717, 1.165) is 5.39 Å². The lowest BCUT2D eigenvalue weighted by Gasteiger charge is -1.96. The van der Waals surface area contributed by atoms with Crippen LogP contribution in [-0.4, -0.2) is 12.6 Å². The summed E-state index contributed by atoms with van der Waals surface area (Å²) in [5.41, 5.74) is 0.615. The number of ether oxygens (including phenoxy) is 2. The van der Waals surface area contributed by atoms with E-state index in [1.54, 1.807) is 31.2 Å². The van der Waals surface area contributed by atoms with E-state index < -0.39 is 5.97 Å². The quantitative estimate of drug-likeness (QED) is 0.745. The molecule has 0 saturated heterocycles. The van der Waals surface area contributed by atoms with Crippen molar-refractivity contribution in [1.29, 1.82) is 0 Å². The van der Waals surface area contributed by atoms with Crippen LogP contribution in [0.4, 0.5) is 0 Å². The molecule has 0 atom stereocenters. The lowest BCUT2D eigenvalue weighted by molar-refractivity contribution is 0.0492. The van der Waals surface area contributed by atoms with Crippen molar-refractivity contribution in [2.45, 2.75) is 6.92 Å².